The third-order valence-corrected chi connectivity index (χ3v) is 4.56. The summed E-state index contributed by atoms with van der Waals surface area (Å²) in [6.07, 6.45) is 4.78. The first-order valence-electron chi connectivity index (χ1n) is 7.95. The van der Waals surface area contributed by atoms with Crippen LogP contribution in [0.25, 0.3) is 11.0 Å². The predicted molar refractivity (Wildman–Crippen MR) is 90.2 cm³/mol. The molecule has 0 bridgehead atoms. The second kappa shape index (κ2) is 5.59. The highest BCUT2D eigenvalue weighted by atomic mass is 16.2. The maximum Gasteiger partial charge on any atom is 0.276 e. The molecule has 2 N–H and O–H groups in total. The molecule has 1 atom stereocenters. The Bertz CT molecular complexity index is 918. The van der Waals surface area contributed by atoms with Gasteiger partial charge < -0.3 is 15.2 Å². The monoisotopic (exact) mass is 322 g/mol. The van der Waals surface area contributed by atoms with E-state index in [9.17, 15) is 4.79 Å². The number of benzene rings is 1. The van der Waals surface area contributed by atoms with Crippen molar-refractivity contribution in [2.24, 2.45) is 7.05 Å². The number of likely N-dealkylation sites (tertiary alicyclic amines) is 1. The molecule has 7 heteroatoms. The number of aryl methyl sites for hydroxylation is 1. The van der Waals surface area contributed by atoms with E-state index in [4.69, 9.17) is 10.7 Å². The van der Waals surface area contributed by atoms with Gasteiger partial charge in [0.2, 0.25) is 0 Å². The summed E-state index contributed by atoms with van der Waals surface area (Å²) in [5, 5.41) is 0. The Morgan fingerprint density at radius 1 is 1.25 bits per heavy atom. The molecule has 1 amide bonds. The molecule has 0 spiro atoms. The van der Waals surface area contributed by atoms with Crippen LogP contribution in [0.2, 0.25) is 0 Å². The molecule has 0 radical (unpaired) electrons. The number of fused-ring (bicyclic) bond motifs is 1. The van der Waals surface area contributed by atoms with Crippen molar-refractivity contribution in [3.8, 4) is 0 Å². The number of hydrogen-bond donors (Lipinski definition) is 1. The third-order valence-electron chi connectivity index (χ3n) is 4.56. The van der Waals surface area contributed by atoms with Gasteiger partial charge in [-0.2, -0.15) is 0 Å². The molecule has 1 aromatic carbocycles. The molecule has 0 aliphatic carbocycles. The van der Waals surface area contributed by atoms with Crippen LogP contribution in [0.4, 0.5) is 5.82 Å². The molecule has 1 aliphatic heterocycles. The van der Waals surface area contributed by atoms with Gasteiger partial charge in [-0.15, -0.1) is 0 Å². The van der Waals surface area contributed by atoms with Crippen LogP contribution in [0, 0.1) is 0 Å². The predicted octanol–water partition coefficient (Wildman–Crippen LogP) is 1.92. The van der Waals surface area contributed by atoms with Gasteiger partial charge in [0, 0.05) is 26.0 Å². The van der Waals surface area contributed by atoms with Gasteiger partial charge >= 0.3 is 0 Å². The lowest BCUT2D eigenvalue weighted by Crippen LogP contribution is -2.33. The number of carbonyl (C=O) groups is 1. The number of carbonyl (C=O) groups excluding carboxylic acids is 1. The van der Waals surface area contributed by atoms with Crippen molar-refractivity contribution in [3.63, 3.8) is 0 Å². The van der Waals surface area contributed by atoms with Crippen LogP contribution < -0.4 is 5.73 Å². The Hall–Kier alpha value is -2.96. The Morgan fingerprint density at radius 2 is 2.04 bits per heavy atom. The minimum atomic E-state index is -0.185. The first-order valence-corrected chi connectivity index (χ1v) is 7.95. The number of anilines is 1. The summed E-state index contributed by atoms with van der Waals surface area (Å²) in [5.41, 5.74) is 8.03. The molecule has 0 saturated carbocycles. The number of aromatic nitrogens is 4. The number of rotatable bonds is 2. The van der Waals surface area contributed by atoms with Crippen molar-refractivity contribution >= 4 is 22.8 Å². The number of para-hydroxylation sites is 2. The van der Waals surface area contributed by atoms with Gasteiger partial charge in [-0.25, -0.2) is 15.0 Å². The van der Waals surface area contributed by atoms with Crippen LogP contribution in [0.1, 0.15) is 35.2 Å². The smallest absolute Gasteiger partial charge is 0.276 e. The van der Waals surface area contributed by atoms with Gasteiger partial charge in [0.05, 0.1) is 17.1 Å². The summed E-state index contributed by atoms with van der Waals surface area (Å²) in [7, 11) is 1.99. The highest BCUT2D eigenvalue weighted by molar-refractivity contribution is 5.96. The highest BCUT2D eigenvalue weighted by Crippen LogP contribution is 2.34. The fraction of sp³-hybridized carbons (Fsp3) is 0.294. The first kappa shape index (κ1) is 14.6. The van der Waals surface area contributed by atoms with Crippen molar-refractivity contribution in [1.29, 1.82) is 0 Å². The van der Waals surface area contributed by atoms with E-state index < -0.39 is 0 Å². The highest BCUT2D eigenvalue weighted by Gasteiger charge is 2.35. The van der Waals surface area contributed by atoms with Crippen molar-refractivity contribution in [2.75, 3.05) is 12.3 Å². The Morgan fingerprint density at radius 3 is 2.83 bits per heavy atom. The zero-order chi connectivity index (χ0) is 16.7. The molecule has 7 nitrogen and oxygen atoms in total. The zero-order valence-electron chi connectivity index (χ0n) is 13.4. The lowest BCUT2D eigenvalue weighted by atomic mass is 10.2. The average Bonchev–Trinajstić information content (AvgIpc) is 3.20. The van der Waals surface area contributed by atoms with Gasteiger partial charge in [0.25, 0.3) is 5.91 Å². The van der Waals surface area contributed by atoms with E-state index in [2.05, 4.69) is 14.5 Å². The summed E-state index contributed by atoms with van der Waals surface area (Å²) < 4.78 is 2.06. The minimum absolute atomic E-state index is 0.0729. The molecule has 24 heavy (non-hydrogen) atoms. The Kier molecular flexibility index (Phi) is 3.41. The van der Waals surface area contributed by atoms with Crippen molar-refractivity contribution < 1.29 is 4.79 Å². The van der Waals surface area contributed by atoms with Gasteiger partial charge in [-0.1, -0.05) is 12.1 Å². The summed E-state index contributed by atoms with van der Waals surface area (Å²) in [4.78, 5) is 27.5. The van der Waals surface area contributed by atoms with E-state index in [1.165, 1.54) is 12.4 Å². The SMILES string of the molecule is Cn1c(C2CCCN2C(=O)c2nccnc2N)nc2ccccc21. The summed E-state index contributed by atoms with van der Waals surface area (Å²) in [6, 6.07) is 7.91. The largest absolute Gasteiger partial charge is 0.382 e. The number of nitrogen functional groups attached to an aromatic ring is 1. The van der Waals surface area contributed by atoms with Gasteiger partial charge in [0.1, 0.15) is 5.82 Å². The number of nitrogens with zero attached hydrogens (tertiary/aromatic N) is 5. The summed E-state index contributed by atoms with van der Waals surface area (Å²) in [6.45, 7) is 0.669. The molecule has 4 rings (SSSR count). The maximum absolute atomic E-state index is 12.9. The molecule has 2 aromatic heterocycles. The lowest BCUT2D eigenvalue weighted by molar-refractivity contribution is 0.0723. The molecule has 122 valence electrons. The van der Waals surface area contributed by atoms with Crippen LogP contribution in [0.3, 0.4) is 0 Å². The molecule has 3 heterocycles. The topological polar surface area (TPSA) is 89.9 Å². The van der Waals surface area contributed by atoms with E-state index in [0.29, 0.717) is 6.54 Å². The van der Waals surface area contributed by atoms with E-state index in [1.54, 1.807) is 0 Å². The second-order valence-corrected chi connectivity index (χ2v) is 5.96. The number of hydrogen-bond acceptors (Lipinski definition) is 5. The molecular weight excluding hydrogens is 304 g/mol. The maximum atomic E-state index is 12.9. The standard InChI is InChI=1S/C17H18N6O/c1-22-12-6-3-2-5-11(12)21-16(22)13-7-4-10-23(13)17(24)14-15(18)20-9-8-19-14/h2-3,5-6,8-9,13H,4,7,10H2,1H3,(H2,18,20). The fourth-order valence-corrected chi connectivity index (χ4v) is 3.39. The van der Waals surface area contributed by atoms with E-state index >= 15 is 0 Å². The van der Waals surface area contributed by atoms with Gasteiger partial charge in [0.15, 0.2) is 11.5 Å². The third kappa shape index (κ3) is 2.20. The normalized spacial score (nSPS) is 17.5. The zero-order valence-corrected chi connectivity index (χ0v) is 13.4. The van der Waals surface area contributed by atoms with E-state index in [-0.39, 0.29) is 23.5 Å². The Labute approximate surface area is 139 Å². The summed E-state index contributed by atoms with van der Waals surface area (Å²) >= 11 is 0. The van der Waals surface area contributed by atoms with Gasteiger partial charge in [-0.3, -0.25) is 4.79 Å². The summed E-state index contributed by atoms with van der Waals surface area (Å²) in [5.74, 6) is 0.873. The number of imidazole rings is 1. The Balaban J connectivity index is 1.73. The van der Waals surface area contributed by atoms with Crippen LogP contribution in [-0.2, 0) is 7.05 Å². The molecule has 1 aliphatic rings. The van der Waals surface area contributed by atoms with Crippen LogP contribution >= 0.6 is 0 Å². The fourth-order valence-electron chi connectivity index (χ4n) is 3.39. The molecule has 1 fully saturated rings. The van der Waals surface area contributed by atoms with E-state index in [1.807, 2.05) is 36.2 Å². The lowest BCUT2D eigenvalue weighted by Gasteiger charge is -2.24. The first-order chi connectivity index (χ1) is 11.7. The second-order valence-electron chi connectivity index (χ2n) is 5.96. The van der Waals surface area contributed by atoms with Crippen molar-refractivity contribution in [2.45, 2.75) is 18.9 Å². The number of nitrogens with two attached hydrogens (primary N) is 1. The van der Waals surface area contributed by atoms with Crippen LogP contribution in [-0.4, -0.2) is 36.9 Å². The van der Waals surface area contributed by atoms with Crippen molar-refractivity contribution in [1.82, 2.24) is 24.4 Å². The van der Waals surface area contributed by atoms with E-state index in [0.717, 1.165) is 29.7 Å². The van der Waals surface area contributed by atoms with Crippen LogP contribution in [0.15, 0.2) is 36.7 Å². The van der Waals surface area contributed by atoms with Crippen molar-refractivity contribution in [3.05, 3.63) is 48.2 Å². The molecular formula is C17H18N6O. The van der Waals surface area contributed by atoms with Crippen LogP contribution in [0.5, 0.6) is 0 Å². The number of amides is 1. The molecule has 3 aromatic rings. The minimum Gasteiger partial charge on any atom is -0.382 e. The molecule has 1 unspecified atom stereocenters. The molecule has 1 saturated heterocycles. The quantitative estimate of drug-likeness (QED) is 0.778. The van der Waals surface area contributed by atoms with Gasteiger partial charge in [-0.05, 0) is 25.0 Å². The average molecular weight is 322 g/mol.